The van der Waals surface area contributed by atoms with Crippen molar-refractivity contribution in [2.45, 2.75) is 51.5 Å². The molecule has 2 unspecified atom stereocenters. The van der Waals surface area contributed by atoms with E-state index < -0.39 is 5.41 Å². The number of carbonyl (C=O) groups is 2. The zero-order valence-electron chi connectivity index (χ0n) is 10.0. The normalized spacial score (nSPS) is 31.4. The summed E-state index contributed by atoms with van der Waals surface area (Å²) in [7, 11) is 0. The third-order valence-corrected chi connectivity index (χ3v) is 3.37. The minimum absolute atomic E-state index is 0.116. The van der Waals surface area contributed by atoms with Crippen molar-refractivity contribution in [2.24, 2.45) is 5.41 Å². The molecular weight excluding hydrogens is 216 g/mol. The number of Topliss-reactive ketones (excluding diaryl/α,β-unsaturated/α-hetero) is 2. The number of hydrogen-bond acceptors (Lipinski definition) is 3. The smallest absolute Gasteiger partial charge is 0.280 e. The summed E-state index contributed by atoms with van der Waals surface area (Å²) in [6, 6.07) is 1.76. The molecule has 0 bridgehead atoms. The molecule has 0 radical (unpaired) electrons. The molecule has 90 valence electrons. The van der Waals surface area contributed by atoms with Crippen molar-refractivity contribution in [3.05, 3.63) is 11.4 Å². The summed E-state index contributed by atoms with van der Waals surface area (Å²) in [6.07, 6.45) is 4.59. The first-order chi connectivity index (χ1) is 8.03. The lowest BCUT2D eigenvalue weighted by atomic mass is 9.90. The van der Waals surface area contributed by atoms with Gasteiger partial charge in [0.05, 0.1) is 6.07 Å². The van der Waals surface area contributed by atoms with E-state index in [0.29, 0.717) is 12.8 Å². The molecule has 0 amide bonds. The molecule has 2 atom stereocenters. The Labute approximate surface area is 101 Å². The molecular formula is C13H16N2O2. The molecule has 0 aliphatic heterocycles. The highest BCUT2D eigenvalue weighted by atomic mass is 16.1. The Balaban J connectivity index is 0.000000171. The Bertz CT molecular complexity index is 403. The maximum atomic E-state index is 10.9. The Morgan fingerprint density at radius 3 is 2.35 bits per heavy atom. The van der Waals surface area contributed by atoms with Crippen LogP contribution in [0.15, 0.2) is 0 Å². The van der Waals surface area contributed by atoms with Crippen LogP contribution >= 0.6 is 0 Å². The van der Waals surface area contributed by atoms with Crippen LogP contribution in [0, 0.1) is 23.3 Å². The Morgan fingerprint density at radius 2 is 2.12 bits per heavy atom. The highest BCUT2D eigenvalue weighted by molar-refractivity contribution is 5.88. The maximum absolute atomic E-state index is 10.9. The summed E-state index contributed by atoms with van der Waals surface area (Å²) >= 11 is 0. The highest BCUT2D eigenvalue weighted by Crippen LogP contribution is 2.32. The fraction of sp³-hybridized carbons (Fsp3) is 0.692. The summed E-state index contributed by atoms with van der Waals surface area (Å²) < 4.78 is 0. The number of carbonyl (C=O) groups excluding carboxylic acids is 2. The van der Waals surface area contributed by atoms with E-state index in [1.165, 1.54) is 0 Å². The van der Waals surface area contributed by atoms with Crippen molar-refractivity contribution in [2.75, 3.05) is 0 Å². The summed E-state index contributed by atoms with van der Waals surface area (Å²) in [4.78, 5) is 24.7. The quantitative estimate of drug-likeness (QED) is 0.602. The zero-order chi connectivity index (χ0) is 12.9. The van der Waals surface area contributed by atoms with Crippen LogP contribution < -0.4 is 0 Å². The van der Waals surface area contributed by atoms with E-state index >= 15 is 0 Å². The molecule has 0 saturated heterocycles. The van der Waals surface area contributed by atoms with Crippen LogP contribution in [0.25, 0.3) is 4.85 Å². The Morgan fingerprint density at radius 1 is 1.41 bits per heavy atom. The van der Waals surface area contributed by atoms with Crippen LogP contribution in [0.5, 0.6) is 0 Å². The molecule has 4 heteroatoms. The molecule has 0 aromatic carbocycles. The number of nitriles is 1. The molecule has 2 rings (SSSR count). The fourth-order valence-corrected chi connectivity index (χ4v) is 2.07. The SMILES string of the molecule is CC1(C#N)CCCC1=O.[C-]#[N+]C1CCCC1=O. The van der Waals surface area contributed by atoms with Gasteiger partial charge in [-0.25, -0.2) is 6.57 Å². The van der Waals surface area contributed by atoms with Crippen molar-refractivity contribution in [1.29, 1.82) is 5.26 Å². The molecule has 17 heavy (non-hydrogen) atoms. The summed E-state index contributed by atoms with van der Waals surface area (Å²) in [5, 5.41) is 8.52. The van der Waals surface area contributed by atoms with Crippen LogP contribution in [0.3, 0.4) is 0 Å². The van der Waals surface area contributed by atoms with E-state index in [1.54, 1.807) is 6.92 Å². The lowest BCUT2D eigenvalue weighted by molar-refractivity contribution is -0.122. The molecule has 0 N–H and O–H groups in total. The van der Waals surface area contributed by atoms with Crippen molar-refractivity contribution in [3.63, 3.8) is 0 Å². The number of hydrogen-bond donors (Lipinski definition) is 0. The maximum Gasteiger partial charge on any atom is 0.280 e. The average molecular weight is 232 g/mol. The summed E-state index contributed by atoms with van der Waals surface area (Å²) in [5.74, 6) is 0.255. The van der Waals surface area contributed by atoms with Gasteiger partial charge < -0.3 is 4.85 Å². The van der Waals surface area contributed by atoms with Gasteiger partial charge in [-0.2, -0.15) is 5.26 Å². The molecule has 0 aromatic heterocycles. The second kappa shape index (κ2) is 5.59. The second-order valence-corrected chi connectivity index (χ2v) is 4.72. The van der Waals surface area contributed by atoms with Crippen LogP contribution in [0.1, 0.15) is 45.4 Å². The van der Waals surface area contributed by atoms with Crippen molar-refractivity contribution >= 4 is 11.6 Å². The average Bonchev–Trinajstić information content (AvgIpc) is 2.88. The first-order valence-corrected chi connectivity index (χ1v) is 5.87. The van der Waals surface area contributed by atoms with Gasteiger partial charge in [0.15, 0.2) is 5.78 Å². The Hall–Kier alpha value is -1.68. The van der Waals surface area contributed by atoms with Crippen LogP contribution in [-0.4, -0.2) is 17.6 Å². The topological polar surface area (TPSA) is 62.3 Å². The van der Waals surface area contributed by atoms with E-state index in [4.69, 9.17) is 11.8 Å². The highest BCUT2D eigenvalue weighted by Gasteiger charge is 2.37. The van der Waals surface area contributed by atoms with Crippen LogP contribution in [0.2, 0.25) is 0 Å². The molecule has 2 saturated carbocycles. The standard InChI is InChI=1S/C7H9NO.C6H7NO/c1-7(5-8)4-2-3-6(7)9;1-7-5-3-2-4-6(5)8/h2-4H2,1H3;5H,2-4H2. The van der Waals surface area contributed by atoms with E-state index in [-0.39, 0.29) is 17.6 Å². The van der Waals surface area contributed by atoms with E-state index in [1.807, 2.05) is 6.07 Å². The van der Waals surface area contributed by atoms with Gasteiger partial charge >= 0.3 is 0 Å². The van der Waals surface area contributed by atoms with Crippen molar-refractivity contribution < 1.29 is 9.59 Å². The zero-order valence-corrected chi connectivity index (χ0v) is 10.0. The third-order valence-electron chi connectivity index (χ3n) is 3.37. The first-order valence-electron chi connectivity index (χ1n) is 5.87. The molecule has 0 aromatic rings. The van der Waals surface area contributed by atoms with Gasteiger partial charge in [-0.3, -0.25) is 9.59 Å². The van der Waals surface area contributed by atoms with Gasteiger partial charge in [-0.1, -0.05) is 0 Å². The van der Waals surface area contributed by atoms with Crippen LogP contribution in [0.4, 0.5) is 0 Å². The minimum Gasteiger partial charge on any atom is -0.305 e. The van der Waals surface area contributed by atoms with Crippen molar-refractivity contribution in [1.82, 2.24) is 0 Å². The number of nitrogens with zero attached hydrogens (tertiary/aromatic N) is 2. The van der Waals surface area contributed by atoms with Crippen LogP contribution in [-0.2, 0) is 9.59 Å². The molecule has 2 aliphatic carbocycles. The second-order valence-electron chi connectivity index (χ2n) is 4.72. The van der Waals surface area contributed by atoms with E-state index in [0.717, 1.165) is 25.7 Å². The lowest BCUT2D eigenvalue weighted by Gasteiger charge is -2.08. The lowest BCUT2D eigenvalue weighted by Crippen LogP contribution is -2.18. The molecule has 0 spiro atoms. The van der Waals surface area contributed by atoms with Gasteiger partial charge in [-0.05, 0) is 26.2 Å². The summed E-state index contributed by atoms with van der Waals surface area (Å²) in [6.45, 7) is 8.26. The van der Waals surface area contributed by atoms with Gasteiger partial charge in [0.25, 0.3) is 6.04 Å². The predicted octanol–water partition coefficient (Wildman–Crippen LogP) is 2.30. The summed E-state index contributed by atoms with van der Waals surface area (Å²) in [5.41, 5.74) is -0.639. The van der Waals surface area contributed by atoms with Gasteiger partial charge in [0.2, 0.25) is 5.78 Å². The van der Waals surface area contributed by atoms with Gasteiger partial charge in [-0.15, -0.1) is 0 Å². The number of rotatable bonds is 0. The first kappa shape index (κ1) is 13.4. The molecule has 4 nitrogen and oxygen atoms in total. The monoisotopic (exact) mass is 232 g/mol. The van der Waals surface area contributed by atoms with Gasteiger partial charge in [0.1, 0.15) is 5.41 Å². The Kier molecular flexibility index (Phi) is 4.40. The van der Waals surface area contributed by atoms with E-state index in [9.17, 15) is 9.59 Å². The predicted molar refractivity (Wildman–Crippen MR) is 61.8 cm³/mol. The largest absolute Gasteiger partial charge is 0.305 e. The van der Waals surface area contributed by atoms with Gasteiger partial charge in [0, 0.05) is 19.3 Å². The fourth-order valence-electron chi connectivity index (χ4n) is 2.07. The van der Waals surface area contributed by atoms with Crippen molar-refractivity contribution in [3.8, 4) is 6.07 Å². The minimum atomic E-state index is -0.639. The molecule has 2 fully saturated rings. The van der Waals surface area contributed by atoms with E-state index in [2.05, 4.69) is 4.85 Å². The molecule has 0 heterocycles. The molecule has 2 aliphatic rings. The third kappa shape index (κ3) is 3.14. The number of ketones is 2.